The summed E-state index contributed by atoms with van der Waals surface area (Å²) in [6.45, 7) is 2.18. The van der Waals surface area contributed by atoms with Crippen LogP contribution in [0.2, 0.25) is 0 Å². The summed E-state index contributed by atoms with van der Waals surface area (Å²) in [6, 6.07) is 3.44. The lowest BCUT2D eigenvalue weighted by atomic mass is 10.2. The molecule has 0 aliphatic rings. The molecule has 2 N–H and O–H groups in total. The van der Waals surface area contributed by atoms with E-state index in [1.165, 1.54) is 0 Å². The molecule has 0 aromatic carbocycles. The molecular weight excluding hydrogens is 142 g/mol. The van der Waals surface area contributed by atoms with Gasteiger partial charge in [0.15, 0.2) is 11.5 Å². The summed E-state index contributed by atoms with van der Waals surface area (Å²) in [6.07, 6.45) is 0.354. The van der Waals surface area contributed by atoms with Crippen LogP contribution in [-0.4, -0.2) is 12.3 Å². The summed E-state index contributed by atoms with van der Waals surface area (Å²) in [5, 5.41) is 0. The Morgan fingerprint density at radius 3 is 2.82 bits per heavy atom. The van der Waals surface area contributed by atoms with E-state index in [9.17, 15) is 4.79 Å². The molecular formula is C8H11NO2. The van der Waals surface area contributed by atoms with Crippen molar-refractivity contribution in [2.75, 3.05) is 6.54 Å². The maximum Gasteiger partial charge on any atom is 0.199 e. The van der Waals surface area contributed by atoms with Crippen molar-refractivity contribution in [3.63, 3.8) is 0 Å². The summed E-state index contributed by atoms with van der Waals surface area (Å²) < 4.78 is 5.09. The van der Waals surface area contributed by atoms with E-state index in [-0.39, 0.29) is 5.78 Å². The number of ketones is 1. The largest absolute Gasteiger partial charge is 0.458 e. The van der Waals surface area contributed by atoms with Crippen LogP contribution >= 0.6 is 0 Å². The molecule has 0 amide bonds. The molecule has 1 rings (SSSR count). The molecule has 3 nitrogen and oxygen atoms in total. The second kappa shape index (κ2) is 3.34. The Labute approximate surface area is 65.2 Å². The van der Waals surface area contributed by atoms with Crippen molar-refractivity contribution in [1.82, 2.24) is 0 Å². The van der Waals surface area contributed by atoms with Gasteiger partial charge in [-0.25, -0.2) is 0 Å². The van der Waals surface area contributed by atoms with Crippen LogP contribution in [0.5, 0.6) is 0 Å². The number of hydrogen-bond donors (Lipinski definition) is 1. The maximum absolute atomic E-state index is 11.1. The topological polar surface area (TPSA) is 56.2 Å². The quantitative estimate of drug-likeness (QED) is 0.662. The van der Waals surface area contributed by atoms with E-state index in [0.29, 0.717) is 18.7 Å². The van der Waals surface area contributed by atoms with Gasteiger partial charge in [0.1, 0.15) is 5.76 Å². The summed E-state index contributed by atoms with van der Waals surface area (Å²) in [7, 11) is 0. The van der Waals surface area contributed by atoms with Gasteiger partial charge in [0, 0.05) is 6.42 Å². The molecule has 0 radical (unpaired) electrons. The van der Waals surface area contributed by atoms with E-state index in [0.717, 1.165) is 5.76 Å². The van der Waals surface area contributed by atoms with Crippen LogP contribution in [0.1, 0.15) is 22.7 Å². The molecule has 11 heavy (non-hydrogen) atoms. The monoisotopic (exact) mass is 153 g/mol. The number of furan rings is 1. The number of carbonyl (C=O) groups excluding carboxylic acids is 1. The van der Waals surface area contributed by atoms with E-state index in [1.54, 1.807) is 19.1 Å². The molecule has 0 atom stereocenters. The van der Waals surface area contributed by atoms with Crippen molar-refractivity contribution in [1.29, 1.82) is 0 Å². The predicted molar refractivity (Wildman–Crippen MR) is 41.4 cm³/mol. The van der Waals surface area contributed by atoms with Gasteiger partial charge in [-0.1, -0.05) is 0 Å². The minimum absolute atomic E-state index is 0.0272. The fourth-order valence-electron chi connectivity index (χ4n) is 0.839. The van der Waals surface area contributed by atoms with E-state index in [1.807, 2.05) is 0 Å². The average molecular weight is 153 g/mol. The van der Waals surface area contributed by atoms with Crippen LogP contribution in [0.4, 0.5) is 0 Å². The summed E-state index contributed by atoms with van der Waals surface area (Å²) >= 11 is 0. The highest BCUT2D eigenvalue weighted by atomic mass is 16.3. The van der Waals surface area contributed by atoms with Gasteiger partial charge >= 0.3 is 0 Å². The highest BCUT2D eigenvalue weighted by Crippen LogP contribution is 2.07. The molecule has 3 heteroatoms. The smallest absolute Gasteiger partial charge is 0.199 e. The zero-order valence-electron chi connectivity index (χ0n) is 6.46. The first-order chi connectivity index (χ1) is 5.24. The lowest BCUT2D eigenvalue weighted by Gasteiger charge is -1.91. The van der Waals surface area contributed by atoms with Crippen molar-refractivity contribution in [2.24, 2.45) is 5.73 Å². The Hall–Kier alpha value is -1.09. The SMILES string of the molecule is Cc1ccc(C(=O)CCN)o1. The summed E-state index contributed by atoms with van der Waals surface area (Å²) in [5.74, 6) is 1.14. The predicted octanol–water partition coefficient (Wildman–Crippen LogP) is 1.12. The molecule has 60 valence electrons. The molecule has 0 fully saturated rings. The maximum atomic E-state index is 11.1. The number of rotatable bonds is 3. The minimum Gasteiger partial charge on any atom is -0.458 e. The fraction of sp³-hybridized carbons (Fsp3) is 0.375. The van der Waals surface area contributed by atoms with Crippen molar-refractivity contribution >= 4 is 5.78 Å². The van der Waals surface area contributed by atoms with Crippen LogP contribution in [0, 0.1) is 6.92 Å². The zero-order chi connectivity index (χ0) is 8.27. The second-order valence-corrected chi connectivity index (χ2v) is 2.37. The lowest BCUT2D eigenvalue weighted by Crippen LogP contribution is -2.06. The van der Waals surface area contributed by atoms with Gasteiger partial charge in [0.2, 0.25) is 0 Å². The first-order valence-electron chi connectivity index (χ1n) is 3.53. The van der Waals surface area contributed by atoms with Crippen LogP contribution < -0.4 is 5.73 Å². The molecule has 0 spiro atoms. The Bertz CT molecular complexity index is 252. The van der Waals surface area contributed by atoms with E-state index in [4.69, 9.17) is 10.2 Å². The molecule has 0 bridgehead atoms. The molecule has 0 aliphatic carbocycles. The van der Waals surface area contributed by atoms with Crippen LogP contribution in [-0.2, 0) is 0 Å². The minimum atomic E-state index is -0.0272. The van der Waals surface area contributed by atoms with Crippen LogP contribution in [0.25, 0.3) is 0 Å². The lowest BCUT2D eigenvalue weighted by molar-refractivity contribution is 0.0957. The third-order valence-corrected chi connectivity index (χ3v) is 1.39. The van der Waals surface area contributed by atoms with Gasteiger partial charge in [-0.3, -0.25) is 4.79 Å². The summed E-state index contributed by atoms with van der Waals surface area (Å²) in [4.78, 5) is 11.1. The van der Waals surface area contributed by atoms with Gasteiger partial charge in [-0.2, -0.15) is 0 Å². The van der Waals surface area contributed by atoms with Gasteiger partial charge < -0.3 is 10.2 Å². The molecule has 1 heterocycles. The van der Waals surface area contributed by atoms with E-state index in [2.05, 4.69) is 0 Å². The Morgan fingerprint density at radius 2 is 2.36 bits per heavy atom. The molecule has 0 aliphatic heterocycles. The van der Waals surface area contributed by atoms with Crippen LogP contribution in [0.15, 0.2) is 16.5 Å². The highest BCUT2D eigenvalue weighted by molar-refractivity contribution is 5.93. The zero-order valence-corrected chi connectivity index (χ0v) is 6.46. The van der Waals surface area contributed by atoms with Crippen LogP contribution in [0.3, 0.4) is 0 Å². The first-order valence-corrected chi connectivity index (χ1v) is 3.53. The fourth-order valence-corrected chi connectivity index (χ4v) is 0.839. The second-order valence-electron chi connectivity index (χ2n) is 2.37. The Morgan fingerprint density at radius 1 is 1.64 bits per heavy atom. The number of Topliss-reactive ketones (excluding diaryl/α,β-unsaturated/α-hetero) is 1. The molecule has 1 aromatic rings. The third kappa shape index (κ3) is 1.91. The van der Waals surface area contributed by atoms with Crippen molar-refractivity contribution < 1.29 is 9.21 Å². The summed E-state index contributed by atoms with van der Waals surface area (Å²) in [5.41, 5.74) is 5.21. The highest BCUT2D eigenvalue weighted by Gasteiger charge is 2.07. The Balaban J connectivity index is 2.69. The molecule has 1 aromatic heterocycles. The third-order valence-electron chi connectivity index (χ3n) is 1.39. The normalized spacial score (nSPS) is 10.0. The number of hydrogen-bond acceptors (Lipinski definition) is 3. The van der Waals surface area contributed by atoms with E-state index < -0.39 is 0 Å². The van der Waals surface area contributed by atoms with Crippen molar-refractivity contribution in [3.8, 4) is 0 Å². The number of aryl methyl sites for hydroxylation is 1. The van der Waals surface area contributed by atoms with Gasteiger partial charge in [0.25, 0.3) is 0 Å². The molecule has 0 saturated carbocycles. The van der Waals surface area contributed by atoms with Gasteiger partial charge in [-0.05, 0) is 25.6 Å². The van der Waals surface area contributed by atoms with Gasteiger partial charge in [0.05, 0.1) is 0 Å². The molecule has 0 saturated heterocycles. The number of nitrogens with two attached hydrogens (primary N) is 1. The van der Waals surface area contributed by atoms with Crippen molar-refractivity contribution in [3.05, 3.63) is 23.7 Å². The average Bonchev–Trinajstić information content (AvgIpc) is 2.36. The standard InChI is InChI=1S/C8H11NO2/c1-6-2-3-8(11-6)7(10)4-5-9/h2-3H,4-5,9H2,1H3. The molecule has 0 unspecified atom stereocenters. The van der Waals surface area contributed by atoms with Crippen molar-refractivity contribution in [2.45, 2.75) is 13.3 Å². The van der Waals surface area contributed by atoms with E-state index >= 15 is 0 Å². The number of carbonyl (C=O) groups is 1. The Kier molecular flexibility index (Phi) is 2.44. The first kappa shape index (κ1) is 8.01. The van der Waals surface area contributed by atoms with Gasteiger partial charge in [-0.15, -0.1) is 0 Å².